The number of nitrogens with zero attached hydrogens (tertiary/aromatic N) is 2. The molecule has 1 aromatic heterocycles. The normalized spacial score (nSPS) is 26.3. The van der Waals surface area contributed by atoms with Gasteiger partial charge in [0.25, 0.3) is 0 Å². The van der Waals surface area contributed by atoms with Crippen molar-refractivity contribution < 1.29 is 0 Å². The number of hydrogen-bond donors (Lipinski definition) is 1. The van der Waals surface area contributed by atoms with Gasteiger partial charge in [-0.1, -0.05) is 20.3 Å². The molecule has 1 fully saturated rings. The lowest BCUT2D eigenvalue weighted by molar-refractivity contribution is 0.0884. The number of rotatable bonds is 4. The molecule has 3 atom stereocenters. The highest BCUT2D eigenvalue weighted by Crippen LogP contribution is 2.21. The Morgan fingerprint density at radius 1 is 1.53 bits per heavy atom. The Kier molecular flexibility index (Phi) is 5.37. The topological polar surface area (TPSA) is 28.2 Å². The van der Waals surface area contributed by atoms with E-state index < -0.39 is 0 Å². The number of nitrogens with one attached hydrogen (secondary N) is 1. The van der Waals surface area contributed by atoms with Gasteiger partial charge in [-0.15, -0.1) is 0 Å². The van der Waals surface area contributed by atoms with E-state index in [1.165, 1.54) is 12.0 Å². The summed E-state index contributed by atoms with van der Waals surface area (Å²) in [6.45, 7) is 10.1. The van der Waals surface area contributed by atoms with E-state index in [0.717, 1.165) is 30.0 Å². The largest absolute Gasteiger partial charge is 0.311 e. The molecule has 1 saturated heterocycles. The van der Waals surface area contributed by atoms with Crippen LogP contribution in [0.5, 0.6) is 0 Å². The Morgan fingerprint density at radius 3 is 3.00 bits per heavy atom. The van der Waals surface area contributed by atoms with Crippen molar-refractivity contribution in [3.63, 3.8) is 0 Å². The summed E-state index contributed by atoms with van der Waals surface area (Å²) in [5, 5.41) is 3.61. The lowest BCUT2D eigenvalue weighted by Gasteiger charge is -2.42. The summed E-state index contributed by atoms with van der Waals surface area (Å²) in [4.78, 5) is 6.88. The maximum Gasteiger partial charge on any atom is 0.0410 e. The molecule has 2 rings (SSSR count). The van der Waals surface area contributed by atoms with Crippen LogP contribution in [-0.4, -0.2) is 35.1 Å². The third-order valence-electron chi connectivity index (χ3n) is 4.10. The van der Waals surface area contributed by atoms with E-state index in [-0.39, 0.29) is 0 Å². The van der Waals surface area contributed by atoms with Crippen LogP contribution in [0.4, 0.5) is 0 Å². The monoisotopic (exact) mass is 325 g/mol. The van der Waals surface area contributed by atoms with Crippen LogP contribution in [0.15, 0.2) is 22.9 Å². The molecule has 19 heavy (non-hydrogen) atoms. The second-order valence-corrected chi connectivity index (χ2v) is 6.62. The summed E-state index contributed by atoms with van der Waals surface area (Å²) < 4.78 is 1.06. The molecule has 0 bridgehead atoms. The van der Waals surface area contributed by atoms with Crippen molar-refractivity contribution in [1.29, 1.82) is 0 Å². The van der Waals surface area contributed by atoms with E-state index in [1.54, 1.807) is 0 Å². The third kappa shape index (κ3) is 4.01. The first kappa shape index (κ1) is 14.9. The summed E-state index contributed by atoms with van der Waals surface area (Å²) in [6.07, 6.45) is 5.05. The molecule has 0 saturated carbocycles. The predicted octanol–water partition coefficient (Wildman–Crippen LogP) is 3.05. The molecular formula is C15H24BrN3. The zero-order valence-corrected chi connectivity index (χ0v) is 13.7. The van der Waals surface area contributed by atoms with Crippen molar-refractivity contribution in [1.82, 2.24) is 15.2 Å². The minimum atomic E-state index is 0.570. The highest BCUT2D eigenvalue weighted by molar-refractivity contribution is 9.10. The highest BCUT2D eigenvalue weighted by atomic mass is 79.9. The molecule has 106 valence electrons. The van der Waals surface area contributed by atoms with Gasteiger partial charge in [0.05, 0.1) is 0 Å². The Labute approximate surface area is 124 Å². The van der Waals surface area contributed by atoms with Gasteiger partial charge in [0.1, 0.15) is 0 Å². The first-order chi connectivity index (χ1) is 9.10. The number of pyridine rings is 1. The molecular weight excluding hydrogens is 302 g/mol. The predicted molar refractivity (Wildman–Crippen MR) is 83.1 cm³/mol. The summed E-state index contributed by atoms with van der Waals surface area (Å²) in [5.41, 5.74) is 1.29. The lowest BCUT2D eigenvalue weighted by atomic mass is 9.94. The standard InChI is InChI=1S/C15H24BrN3/c1-4-11(2)15-8-18-12(3)9-19(15)10-13-5-14(16)7-17-6-13/h5-7,11-12,15,18H,4,8-10H2,1-3H3. The average molecular weight is 326 g/mol. The lowest BCUT2D eigenvalue weighted by Crippen LogP contribution is -2.57. The molecule has 1 aromatic rings. The molecule has 2 heterocycles. The van der Waals surface area contributed by atoms with Crippen LogP contribution in [0, 0.1) is 5.92 Å². The highest BCUT2D eigenvalue weighted by Gasteiger charge is 2.29. The fourth-order valence-electron chi connectivity index (χ4n) is 2.79. The molecule has 3 nitrogen and oxygen atoms in total. The summed E-state index contributed by atoms with van der Waals surface area (Å²) in [7, 11) is 0. The maximum absolute atomic E-state index is 4.27. The van der Waals surface area contributed by atoms with Crippen LogP contribution in [0.25, 0.3) is 0 Å². The third-order valence-corrected chi connectivity index (χ3v) is 4.53. The SMILES string of the molecule is CCC(C)C1CNC(C)CN1Cc1cncc(Br)c1. The van der Waals surface area contributed by atoms with Crippen LogP contribution >= 0.6 is 15.9 Å². The van der Waals surface area contributed by atoms with Gasteiger partial charge in [0, 0.05) is 48.6 Å². The van der Waals surface area contributed by atoms with Gasteiger partial charge in [-0.3, -0.25) is 9.88 Å². The van der Waals surface area contributed by atoms with Gasteiger partial charge in [-0.25, -0.2) is 0 Å². The van der Waals surface area contributed by atoms with Gasteiger partial charge in [-0.2, -0.15) is 0 Å². The molecule has 1 aliphatic heterocycles. The second-order valence-electron chi connectivity index (χ2n) is 5.70. The molecule has 4 heteroatoms. The maximum atomic E-state index is 4.27. The minimum absolute atomic E-state index is 0.570. The van der Waals surface area contributed by atoms with Crippen molar-refractivity contribution in [2.24, 2.45) is 5.92 Å². The molecule has 1 aliphatic rings. The molecule has 0 aromatic carbocycles. The molecule has 0 radical (unpaired) electrons. The van der Waals surface area contributed by atoms with E-state index >= 15 is 0 Å². The van der Waals surface area contributed by atoms with Crippen LogP contribution in [-0.2, 0) is 6.54 Å². The van der Waals surface area contributed by atoms with Crippen molar-refractivity contribution in [3.05, 3.63) is 28.5 Å². The van der Waals surface area contributed by atoms with Gasteiger partial charge in [0.15, 0.2) is 0 Å². The van der Waals surface area contributed by atoms with E-state index in [9.17, 15) is 0 Å². The second kappa shape index (κ2) is 6.82. The first-order valence-corrected chi connectivity index (χ1v) is 7.96. The minimum Gasteiger partial charge on any atom is -0.311 e. The van der Waals surface area contributed by atoms with Gasteiger partial charge < -0.3 is 5.32 Å². The first-order valence-electron chi connectivity index (χ1n) is 7.17. The van der Waals surface area contributed by atoms with Crippen molar-refractivity contribution in [2.45, 2.75) is 45.8 Å². The summed E-state index contributed by atoms with van der Waals surface area (Å²) in [5.74, 6) is 0.722. The summed E-state index contributed by atoms with van der Waals surface area (Å²) >= 11 is 3.50. The molecule has 0 amide bonds. The van der Waals surface area contributed by atoms with E-state index in [2.05, 4.69) is 58.0 Å². The van der Waals surface area contributed by atoms with Crippen LogP contribution in [0.3, 0.4) is 0 Å². The number of aromatic nitrogens is 1. The Hall–Kier alpha value is -0.450. The smallest absolute Gasteiger partial charge is 0.0410 e. The number of piperazine rings is 1. The Bertz CT molecular complexity index is 410. The Balaban J connectivity index is 2.09. The zero-order chi connectivity index (χ0) is 13.8. The van der Waals surface area contributed by atoms with Gasteiger partial charge in [0.2, 0.25) is 0 Å². The van der Waals surface area contributed by atoms with Crippen LogP contribution in [0.1, 0.15) is 32.8 Å². The Morgan fingerprint density at radius 2 is 2.32 bits per heavy atom. The molecule has 0 aliphatic carbocycles. The summed E-state index contributed by atoms with van der Waals surface area (Å²) in [6, 6.07) is 3.37. The fourth-order valence-corrected chi connectivity index (χ4v) is 3.21. The molecule has 3 unspecified atom stereocenters. The van der Waals surface area contributed by atoms with Gasteiger partial charge >= 0.3 is 0 Å². The van der Waals surface area contributed by atoms with E-state index in [4.69, 9.17) is 0 Å². The number of halogens is 1. The average Bonchev–Trinajstić information content (AvgIpc) is 2.38. The van der Waals surface area contributed by atoms with E-state index in [1.807, 2.05) is 12.4 Å². The molecule has 1 N–H and O–H groups in total. The van der Waals surface area contributed by atoms with E-state index in [0.29, 0.717) is 12.1 Å². The number of hydrogen-bond acceptors (Lipinski definition) is 3. The van der Waals surface area contributed by atoms with Crippen molar-refractivity contribution in [3.8, 4) is 0 Å². The van der Waals surface area contributed by atoms with Gasteiger partial charge in [-0.05, 0) is 40.4 Å². The van der Waals surface area contributed by atoms with Crippen molar-refractivity contribution in [2.75, 3.05) is 13.1 Å². The molecule has 0 spiro atoms. The van der Waals surface area contributed by atoms with Crippen molar-refractivity contribution >= 4 is 15.9 Å². The zero-order valence-electron chi connectivity index (χ0n) is 12.1. The van der Waals surface area contributed by atoms with Crippen LogP contribution in [0.2, 0.25) is 0 Å². The van der Waals surface area contributed by atoms with Crippen LogP contribution < -0.4 is 5.32 Å². The fraction of sp³-hybridized carbons (Fsp3) is 0.667. The quantitative estimate of drug-likeness (QED) is 0.922.